The molecular weight excluding hydrogens is 338 g/mol. The first-order valence-electron chi connectivity index (χ1n) is 8.82. The maximum absolute atomic E-state index is 12.0. The molecule has 4 nitrogen and oxygen atoms in total. The lowest BCUT2D eigenvalue weighted by molar-refractivity contribution is -0.149. The molecule has 1 aromatic carbocycles. The van der Waals surface area contributed by atoms with Crippen molar-refractivity contribution in [3.8, 4) is 0 Å². The Hall–Kier alpha value is -1.39. The van der Waals surface area contributed by atoms with Crippen LogP contribution in [0.1, 0.15) is 58.8 Å². The zero-order chi connectivity index (χ0) is 17.6. The van der Waals surface area contributed by atoms with Gasteiger partial charge in [0.05, 0.1) is 5.41 Å². The zero-order valence-electron chi connectivity index (χ0n) is 15.5. The Balaban J connectivity index is 0.00000225. The van der Waals surface area contributed by atoms with Gasteiger partial charge in [0.15, 0.2) is 5.78 Å². The van der Waals surface area contributed by atoms with Gasteiger partial charge in [-0.2, -0.15) is 0 Å². The number of carboxylic acids is 1. The van der Waals surface area contributed by atoms with Gasteiger partial charge in [-0.1, -0.05) is 12.5 Å². The number of halogens is 1. The molecule has 1 aliphatic heterocycles. The molecule has 2 aliphatic rings. The first kappa shape index (κ1) is 19.9. The van der Waals surface area contributed by atoms with Crippen LogP contribution < -0.4 is 0 Å². The van der Waals surface area contributed by atoms with E-state index in [1.54, 1.807) is 6.92 Å². The van der Waals surface area contributed by atoms with Crippen LogP contribution in [0.5, 0.6) is 0 Å². The Morgan fingerprint density at radius 3 is 2.52 bits per heavy atom. The van der Waals surface area contributed by atoms with Crippen LogP contribution in [0.25, 0.3) is 0 Å². The monoisotopic (exact) mass is 365 g/mol. The molecule has 1 N–H and O–H groups in total. The lowest BCUT2D eigenvalue weighted by Gasteiger charge is -2.25. The SMILES string of the molecule is CC(=O)c1c(C)cc(C)c(CN2C[C@@H]3CCC[C@@]3(C(=O)O)C2)c1C.Cl. The normalized spacial score (nSPS) is 25.5. The second-order valence-electron chi connectivity index (χ2n) is 7.77. The summed E-state index contributed by atoms with van der Waals surface area (Å²) >= 11 is 0. The predicted octanol–water partition coefficient (Wildman–Crippen LogP) is 3.92. The minimum atomic E-state index is -0.630. The summed E-state index contributed by atoms with van der Waals surface area (Å²) in [5.74, 6) is -0.255. The molecule has 2 atom stereocenters. The van der Waals surface area contributed by atoms with E-state index in [-0.39, 0.29) is 24.1 Å². The fourth-order valence-corrected chi connectivity index (χ4v) is 5.10. The summed E-state index contributed by atoms with van der Waals surface area (Å²) in [6.45, 7) is 9.95. The van der Waals surface area contributed by atoms with Crippen LogP contribution >= 0.6 is 12.4 Å². The highest BCUT2D eigenvalue weighted by Crippen LogP contribution is 2.49. The van der Waals surface area contributed by atoms with Crippen molar-refractivity contribution in [2.45, 2.75) is 53.5 Å². The highest BCUT2D eigenvalue weighted by atomic mass is 35.5. The third kappa shape index (κ3) is 3.22. The van der Waals surface area contributed by atoms with Crippen LogP contribution in [-0.4, -0.2) is 34.8 Å². The highest BCUT2D eigenvalue weighted by Gasteiger charge is 2.54. The van der Waals surface area contributed by atoms with Crippen LogP contribution in [0.2, 0.25) is 0 Å². The first-order valence-corrected chi connectivity index (χ1v) is 8.82. The van der Waals surface area contributed by atoms with Gasteiger partial charge >= 0.3 is 5.97 Å². The number of aliphatic carboxylic acids is 1. The lowest BCUT2D eigenvalue weighted by Crippen LogP contribution is -2.35. The molecule has 0 spiro atoms. The van der Waals surface area contributed by atoms with Gasteiger partial charge in [-0.25, -0.2) is 0 Å². The average molecular weight is 366 g/mol. The van der Waals surface area contributed by atoms with E-state index in [4.69, 9.17) is 0 Å². The Morgan fingerprint density at radius 1 is 1.28 bits per heavy atom. The smallest absolute Gasteiger partial charge is 0.311 e. The van der Waals surface area contributed by atoms with Crippen molar-refractivity contribution in [2.75, 3.05) is 13.1 Å². The van der Waals surface area contributed by atoms with Crippen molar-refractivity contribution >= 4 is 24.2 Å². The number of carboxylic acid groups (broad SMARTS) is 1. The fraction of sp³-hybridized carbons (Fsp3) is 0.600. The zero-order valence-corrected chi connectivity index (χ0v) is 16.3. The van der Waals surface area contributed by atoms with Gasteiger partial charge in [0, 0.05) is 25.2 Å². The molecule has 1 aliphatic carbocycles. The number of aryl methyl sites for hydroxylation is 2. The number of ketones is 1. The topological polar surface area (TPSA) is 57.6 Å². The Kier molecular flexibility index (Phi) is 5.65. The molecule has 0 radical (unpaired) electrons. The Morgan fingerprint density at radius 2 is 1.96 bits per heavy atom. The van der Waals surface area contributed by atoms with Crippen molar-refractivity contribution in [3.63, 3.8) is 0 Å². The summed E-state index contributed by atoms with van der Waals surface area (Å²) in [6.07, 6.45) is 2.85. The molecule has 0 amide bonds. The van der Waals surface area contributed by atoms with Crippen molar-refractivity contribution in [1.82, 2.24) is 4.90 Å². The van der Waals surface area contributed by atoms with E-state index in [1.165, 1.54) is 11.1 Å². The number of carbonyl (C=O) groups is 2. The summed E-state index contributed by atoms with van der Waals surface area (Å²) in [4.78, 5) is 26.1. The number of nitrogens with zero attached hydrogens (tertiary/aromatic N) is 1. The van der Waals surface area contributed by atoms with Crippen LogP contribution in [0.3, 0.4) is 0 Å². The van der Waals surface area contributed by atoms with E-state index < -0.39 is 11.4 Å². The third-order valence-corrected chi connectivity index (χ3v) is 6.23. The molecule has 1 saturated carbocycles. The molecule has 138 valence electrons. The summed E-state index contributed by atoms with van der Waals surface area (Å²) in [6, 6.07) is 2.09. The van der Waals surface area contributed by atoms with Gasteiger partial charge in [-0.05, 0) is 68.7 Å². The fourth-order valence-electron chi connectivity index (χ4n) is 5.10. The molecule has 1 saturated heterocycles. The second-order valence-corrected chi connectivity index (χ2v) is 7.77. The molecule has 0 bridgehead atoms. The maximum Gasteiger partial charge on any atom is 0.311 e. The second kappa shape index (κ2) is 7.08. The third-order valence-electron chi connectivity index (χ3n) is 6.23. The molecular formula is C20H28ClNO3. The molecule has 25 heavy (non-hydrogen) atoms. The van der Waals surface area contributed by atoms with Gasteiger partial charge in [0.1, 0.15) is 0 Å². The van der Waals surface area contributed by atoms with Gasteiger partial charge < -0.3 is 5.11 Å². The number of Topliss-reactive ketones (excluding diaryl/α,β-unsaturated/α-hetero) is 1. The molecule has 0 aromatic heterocycles. The minimum Gasteiger partial charge on any atom is -0.481 e. The van der Waals surface area contributed by atoms with Crippen molar-refractivity contribution in [2.24, 2.45) is 11.3 Å². The van der Waals surface area contributed by atoms with E-state index in [1.807, 2.05) is 13.8 Å². The Labute approximate surface area is 156 Å². The molecule has 0 unspecified atom stereocenters. The largest absolute Gasteiger partial charge is 0.481 e. The number of hydrogen-bond acceptors (Lipinski definition) is 3. The van der Waals surface area contributed by atoms with Crippen LogP contribution in [0, 0.1) is 32.1 Å². The van der Waals surface area contributed by atoms with Crippen LogP contribution in [0.4, 0.5) is 0 Å². The van der Waals surface area contributed by atoms with E-state index in [9.17, 15) is 14.7 Å². The maximum atomic E-state index is 12.0. The molecule has 5 heteroatoms. The van der Waals surface area contributed by atoms with Crippen molar-refractivity contribution < 1.29 is 14.7 Å². The number of carbonyl (C=O) groups excluding carboxylic acids is 1. The van der Waals surface area contributed by atoms with Gasteiger partial charge in [0.25, 0.3) is 0 Å². The summed E-state index contributed by atoms with van der Waals surface area (Å²) in [5.41, 5.74) is 4.74. The van der Waals surface area contributed by atoms with Crippen molar-refractivity contribution in [1.29, 1.82) is 0 Å². The number of rotatable bonds is 4. The minimum absolute atomic E-state index is 0. The predicted molar refractivity (Wildman–Crippen MR) is 101 cm³/mol. The number of benzene rings is 1. The van der Waals surface area contributed by atoms with E-state index in [0.717, 1.165) is 49.0 Å². The van der Waals surface area contributed by atoms with Crippen LogP contribution in [-0.2, 0) is 11.3 Å². The van der Waals surface area contributed by atoms with Gasteiger partial charge in [0.2, 0.25) is 0 Å². The van der Waals surface area contributed by atoms with E-state index in [0.29, 0.717) is 6.54 Å². The quantitative estimate of drug-likeness (QED) is 0.821. The number of likely N-dealkylation sites (tertiary alicyclic amines) is 1. The summed E-state index contributed by atoms with van der Waals surface area (Å²) in [7, 11) is 0. The lowest BCUT2D eigenvalue weighted by atomic mass is 9.81. The number of fused-ring (bicyclic) bond motifs is 1. The van der Waals surface area contributed by atoms with Crippen molar-refractivity contribution in [3.05, 3.63) is 33.9 Å². The number of hydrogen-bond donors (Lipinski definition) is 1. The summed E-state index contributed by atoms with van der Waals surface area (Å²) in [5, 5.41) is 9.75. The average Bonchev–Trinajstić information content (AvgIpc) is 3.00. The Bertz CT molecular complexity index is 715. The molecule has 3 rings (SSSR count). The van der Waals surface area contributed by atoms with E-state index in [2.05, 4.69) is 17.9 Å². The molecule has 1 heterocycles. The molecule has 2 fully saturated rings. The van der Waals surface area contributed by atoms with E-state index >= 15 is 0 Å². The standard InChI is InChI=1S/C20H27NO3.ClH/c1-12-8-13(2)18(15(4)22)14(3)17(12)10-21-9-16-6-5-7-20(16,11-21)19(23)24;/h8,16H,5-7,9-11H2,1-4H3,(H,23,24);1H/t16-,20+;/m0./s1. The molecule has 1 aromatic rings. The highest BCUT2D eigenvalue weighted by molar-refractivity contribution is 5.97. The van der Waals surface area contributed by atoms with Gasteiger partial charge in [-0.15, -0.1) is 12.4 Å². The van der Waals surface area contributed by atoms with Gasteiger partial charge in [-0.3, -0.25) is 14.5 Å². The summed E-state index contributed by atoms with van der Waals surface area (Å²) < 4.78 is 0. The first-order chi connectivity index (χ1) is 11.3. The van der Waals surface area contributed by atoms with Crippen LogP contribution in [0.15, 0.2) is 6.07 Å².